The van der Waals surface area contributed by atoms with Crippen LogP contribution in [0.4, 0.5) is 0 Å². The normalized spacial score (nSPS) is 28.3. The van der Waals surface area contributed by atoms with Crippen LogP contribution in [0.3, 0.4) is 0 Å². The molecular formula is C8H15NO. The molecule has 2 N–H and O–H groups in total. The smallest absolute Gasteiger partial charge is 0.0615 e. The molecule has 1 rings (SSSR count). The van der Waals surface area contributed by atoms with Crippen LogP contribution in [-0.4, -0.2) is 24.3 Å². The largest absolute Gasteiger partial charge is 0.392 e. The molecular weight excluding hydrogens is 126 g/mol. The second-order valence-corrected chi connectivity index (χ2v) is 2.84. The standard InChI is InChI=1S/C8H15NO/c1-2-3-8(10)7-4-5-9-6-7/h2,7-10H,1,3-6H2/t7-,8?/m0/s1. The fourth-order valence-corrected chi connectivity index (χ4v) is 1.37. The van der Waals surface area contributed by atoms with Gasteiger partial charge in [0, 0.05) is 6.54 Å². The van der Waals surface area contributed by atoms with Crippen LogP contribution in [0.1, 0.15) is 12.8 Å². The summed E-state index contributed by atoms with van der Waals surface area (Å²) in [5.41, 5.74) is 0. The maximum atomic E-state index is 9.44. The van der Waals surface area contributed by atoms with Crippen molar-refractivity contribution in [2.75, 3.05) is 13.1 Å². The van der Waals surface area contributed by atoms with Crippen molar-refractivity contribution >= 4 is 0 Å². The third-order valence-electron chi connectivity index (χ3n) is 2.05. The van der Waals surface area contributed by atoms with Crippen molar-refractivity contribution in [2.45, 2.75) is 18.9 Å². The fourth-order valence-electron chi connectivity index (χ4n) is 1.37. The van der Waals surface area contributed by atoms with Crippen molar-refractivity contribution in [3.05, 3.63) is 12.7 Å². The molecule has 0 bridgehead atoms. The minimum atomic E-state index is -0.174. The van der Waals surface area contributed by atoms with Crippen LogP contribution in [0, 0.1) is 5.92 Å². The lowest BCUT2D eigenvalue weighted by Gasteiger charge is -2.14. The molecule has 2 heteroatoms. The first-order valence-electron chi connectivity index (χ1n) is 3.84. The number of rotatable bonds is 3. The van der Waals surface area contributed by atoms with Crippen molar-refractivity contribution in [3.63, 3.8) is 0 Å². The van der Waals surface area contributed by atoms with Crippen LogP contribution >= 0.6 is 0 Å². The molecule has 0 aromatic heterocycles. The first-order valence-corrected chi connectivity index (χ1v) is 3.84. The fraction of sp³-hybridized carbons (Fsp3) is 0.750. The molecule has 2 atom stereocenters. The molecule has 0 aromatic carbocycles. The van der Waals surface area contributed by atoms with E-state index in [0.29, 0.717) is 5.92 Å². The SMILES string of the molecule is C=CCC(O)[C@H]1CCNC1. The van der Waals surface area contributed by atoms with E-state index in [1.807, 2.05) is 0 Å². The van der Waals surface area contributed by atoms with Gasteiger partial charge in [-0.2, -0.15) is 0 Å². The van der Waals surface area contributed by atoms with E-state index in [-0.39, 0.29) is 6.10 Å². The number of aliphatic hydroxyl groups is 1. The lowest BCUT2D eigenvalue weighted by molar-refractivity contribution is 0.120. The highest BCUT2D eigenvalue weighted by Crippen LogP contribution is 2.14. The third kappa shape index (κ3) is 1.82. The molecule has 0 spiro atoms. The Bertz CT molecular complexity index is 108. The molecule has 0 aromatic rings. The van der Waals surface area contributed by atoms with Gasteiger partial charge in [0.05, 0.1) is 6.10 Å². The van der Waals surface area contributed by atoms with Gasteiger partial charge in [-0.15, -0.1) is 6.58 Å². The zero-order chi connectivity index (χ0) is 7.40. The van der Waals surface area contributed by atoms with Crippen LogP contribution in [-0.2, 0) is 0 Å². The van der Waals surface area contributed by atoms with E-state index in [9.17, 15) is 5.11 Å². The molecule has 58 valence electrons. The van der Waals surface area contributed by atoms with Crippen LogP contribution in [0.15, 0.2) is 12.7 Å². The predicted octanol–water partition coefficient (Wildman–Crippen LogP) is 0.533. The Morgan fingerprint density at radius 2 is 2.60 bits per heavy atom. The van der Waals surface area contributed by atoms with Crippen LogP contribution < -0.4 is 5.32 Å². The van der Waals surface area contributed by atoms with E-state index in [4.69, 9.17) is 0 Å². The van der Waals surface area contributed by atoms with Crippen molar-refractivity contribution in [3.8, 4) is 0 Å². The van der Waals surface area contributed by atoms with E-state index < -0.39 is 0 Å². The molecule has 1 aliphatic rings. The quantitative estimate of drug-likeness (QED) is 0.562. The van der Waals surface area contributed by atoms with Gasteiger partial charge in [0.25, 0.3) is 0 Å². The van der Waals surface area contributed by atoms with Crippen LogP contribution in [0.5, 0.6) is 0 Å². The molecule has 0 saturated carbocycles. The number of hydrogen-bond acceptors (Lipinski definition) is 2. The molecule has 0 radical (unpaired) electrons. The van der Waals surface area contributed by atoms with E-state index in [0.717, 1.165) is 25.9 Å². The monoisotopic (exact) mass is 141 g/mol. The van der Waals surface area contributed by atoms with Crippen molar-refractivity contribution in [2.24, 2.45) is 5.92 Å². The van der Waals surface area contributed by atoms with E-state index in [2.05, 4.69) is 11.9 Å². The molecule has 10 heavy (non-hydrogen) atoms. The molecule has 1 aliphatic heterocycles. The molecule has 0 amide bonds. The molecule has 1 heterocycles. The predicted molar refractivity (Wildman–Crippen MR) is 41.8 cm³/mol. The summed E-state index contributed by atoms with van der Waals surface area (Å²) in [6.07, 6.45) is 3.44. The summed E-state index contributed by atoms with van der Waals surface area (Å²) in [6.45, 7) is 5.61. The summed E-state index contributed by atoms with van der Waals surface area (Å²) >= 11 is 0. The summed E-state index contributed by atoms with van der Waals surface area (Å²) in [4.78, 5) is 0. The molecule has 1 saturated heterocycles. The van der Waals surface area contributed by atoms with E-state index in [1.165, 1.54) is 0 Å². The van der Waals surface area contributed by atoms with Gasteiger partial charge in [-0.1, -0.05) is 6.08 Å². The molecule has 0 aliphatic carbocycles. The van der Waals surface area contributed by atoms with E-state index >= 15 is 0 Å². The number of aliphatic hydroxyl groups excluding tert-OH is 1. The van der Waals surface area contributed by atoms with Gasteiger partial charge in [-0.3, -0.25) is 0 Å². The van der Waals surface area contributed by atoms with Crippen LogP contribution in [0.25, 0.3) is 0 Å². The second-order valence-electron chi connectivity index (χ2n) is 2.84. The Kier molecular flexibility index (Phi) is 2.90. The maximum absolute atomic E-state index is 9.44. The van der Waals surface area contributed by atoms with Gasteiger partial charge in [-0.25, -0.2) is 0 Å². The van der Waals surface area contributed by atoms with Gasteiger partial charge >= 0.3 is 0 Å². The van der Waals surface area contributed by atoms with Gasteiger partial charge in [-0.05, 0) is 25.3 Å². The zero-order valence-electron chi connectivity index (χ0n) is 6.21. The Hall–Kier alpha value is -0.340. The summed E-state index contributed by atoms with van der Waals surface area (Å²) in [5, 5.41) is 12.7. The average Bonchev–Trinajstić information content (AvgIpc) is 2.38. The minimum absolute atomic E-state index is 0.174. The lowest BCUT2D eigenvalue weighted by Crippen LogP contribution is -2.21. The first kappa shape index (κ1) is 7.76. The Morgan fingerprint density at radius 3 is 3.10 bits per heavy atom. The highest BCUT2D eigenvalue weighted by atomic mass is 16.3. The van der Waals surface area contributed by atoms with Crippen molar-refractivity contribution in [1.82, 2.24) is 5.32 Å². The van der Waals surface area contributed by atoms with Gasteiger partial charge < -0.3 is 10.4 Å². The second kappa shape index (κ2) is 3.74. The number of hydrogen-bond donors (Lipinski definition) is 2. The average molecular weight is 141 g/mol. The third-order valence-corrected chi connectivity index (χ3v) is 2.05. The number of nitrogens with one attached hydrogen (secondary N) is 1. The zero-order valence-corrected chi connectivity index (χ0v) is 6.21. The topological polar surface area (TPSA) is 32.3 Å². The van der Waals surface area contributed by atoms with Crippen molar-refractivity contribution in [1.29, 1.82) is 0 Å². The summed E-state index contributed by atoms with van der Waals surface area (Å²) in [6, 6.07) is 0. The highest BCUT2D eigenvalue weighted by Gasteiger charge is 2.21. The van der Waals surface area contributed by atoms with E-state index in [1.54, 1.807) is 6.08 Å². The summed E-state index contributed by atoms with van der Waals surface area (Å²) < 4.78 is 0. The maximum Gasteiger partial charge on any atom is 0.0615 e. The summed E-state index contributed by atoms with van der Waals surface area (Å²) in [5.74, 6) is 0.456. The Morgan fingerprint density at radius 1 is 1.80 bits per heavy atom. The van der Waals surface area contributed by atoms with Crippen molar-refractivity contribution < 1.29 is 5.11 Å². The molecule has 2 nitrogen and oxygen atoms in total. The van der Waals surface area contributed by atoms with Gasteiger partial charge in [0.15, 0.2) is 0 Å². The molecule has 1 fully saturated rings. The molecule has 1 unspecified atom stereocenters. The van der Waals surface area contributed by atoms with Crippen LogP contribution in [0.2, 0.25) is 0 Å². The van der Waals surface area contributed by atoms with Gasteiger partial charge in [0.1, 0.15) is 0 Å². The van der Waals surface area contributed by atoms with Gasteiger partial charge in [0.2, 0.25) is 0 Å². The lowest BCUT2D eigenvalue weighted by atomic mass is 9.99. The highest BCUT2D eigenvalue weighted by molar-refractivity contribution is 4.82. The summed E-state index contributed by atoms with van der Waals surface area (Å²) in [7, 11) is 0. The Labute approximate surface area is 61.9 Å². The minimum Gasteiger partial charge on any atom is -0.392 e. The first-order chi connectivity index (χ1) is 4.84. The Balaban J connectivity index is 2.24.